The average Bonchev–Trinajstić information content (AvgIpc) is 2.57. The molecule has 1 N–H and O–H groups in total. The van der Waals surface area contributed by atoms with Crippen molar-refractivity contribution in [2.45, 2.75) is 13.0 Å². The van der Waals surface area contributed by atoms with Crippen LogP contribution in [0.2, 0.25) is 0 Å². The first-order valence-corrected chi connectivity index (χ1v) is 7.49. The number of aryl methyl sites for hydroxylation is 1. The molecule has 1 aliphatic rings. The topological polar surface area (TPSA) is 89.2 Å². The van der Waals surface area contributed by atoms with Crippen LogP contribution in [0.25, 0.3) is 11.0 Å². The maximum absolute atomic E-state index is 12.7. The predicted octanol–water partition coefficient (Wildman–Crippen LogP) is -0.934. The van der Waals surface area contributed by atoms with E-state index in [1.165, 1.54) is 23.9 Å². The molecular formula is C15H19N5O3. The van der Waals surface area contributed by atoms with Gasteiger partial charge in [0.15, 0.2) is 0 Å². The summed E-state index contributed by atoms with van der Waals surface area (Å²) in [7, 11) is 2.97. The number of hydrogen-bond acceptors (Lipinski definition) is 5. The van der Waals surface area contributed by atoms with Gasteiger partial charge >= 0.3 is 5.69 Å². The molecule has 23 heavy (non-hydrogen) atoms. The van der Waals surface area contributed by atoms with Crippen LogP contribution in [0, 0.1) is 0 Å². The number of nitrogens with zero attached hydrogens (tertiary/aromatic N) is 4. The Morgan fingerprint density at radius 3 is 2.74 bits per heavy atom. The maximum atomic E-state index is 12.7. The third-order valence-electron chi connectivity index (χ3n) is 4.30. The molecule has 3 heterocycles. The van der Waals surface area contributed by atoms with Crippen LogP contribution in [-0.2, 0) is 14.1 Å². The fourth-order valence-corrected chi connectivity index (χ4v) is 2.89. The average molecular weight is 317 g/mol. The Bertz CT molecular complexity index is 898. The van der Waals surface area contributed by atoms with E-state index in [-0.39, 0.29) is 23.0 Å². The van der Waals surface area contributed by atoms with E-state index in [4.69, 9.17) is 0 Å². The van der Waals surface area contributed by atoms with Crippen LogP contribution in [0.15, 0.2) is 21.9 Å². The minimum Gasteiger partial charge on any atom is -0.333 e. The molecule has 2 aromatic heterocycles. The number of hydrogen-bond donors (Lipinski definition) is 1. The molecule has 1 saturated heterocycles. The van der Waals surface area contributed by atoms with Gasteiger partial charge in [0.1, 0.15) is 5.65 Å². The highest BCUT2D eigenvalue weighted by molar-refractivity contribution is 5.97. The van der Waals surface area contributed by atoms with Crippen molar-refractivity contribution in [2.75, 3.05) is 19.6 Å². The second kappa shape index (κ2) is 5.62. The first-order valence-electron chi connectivity index (χ1n) is 7.49. The molecule has 122 valence electrons. The van der Waals surface area contributed by atoms with Gasteiger partial charge in [0.05, 0.1) is 10.9 Å². The SMILES string of the molecule is C[C@H]1CNCCN1C(=O)c1cnc2c(c1)c(=O)n(C)c(=O)n2C. The zero-order valence-electron chi connectivity index (χ0n) is 13.4. The molecule has 3 rings (SSSR count). The van der Waals surface area contributed by atoms with Crippen molar-refractivity contribution in [3.05, 3.63) is 38.7 Å². The van der Waals surface area contributed by atoms with Crippen molar-refractivity contribution < 1.29 is 4.79 Å². The van der Waals surface area contributed by atoms with Crippen LogP contribution in [0.1, 0.15) is 17.3 Å². The van der Waals surface area contributed by atoms with E-state index >= 15 is 0 Å². The molecule has 0 spiro atoms. The van der Waals surface area contributed by atoms with Gasteiger partial charge in [0, 0.05) is 46.0 Å². The number of aromatic nitrogens is 3. The largest absolute Gasteiger partial charge is 0.333 e. The number of rotatable bonds is 1. The van der Waals surface area contributed by atoms with Crippen molar-refractivity contribution in [1.82, 2.24) is 24.3 Å². The summed E-state index contributed by atoms with van der Waals surface area (Å²) in [4.78, 5) is 42.8. The quantitative estimate of drug-likeness (QED) is 0.734. The van der Waals surface area contributed by atoms with Gasteiger partial charge in [-0.1, -0.05) is 0 Å². The highest BCUT2D eigenvalue weighted by atomic mass is 16.2. The Kier molecular flexibility index (Phi) is 3.77. The second-order valence-corrected chi connectivity index (χ2v) is 5.85. The van der Waals surface area contributed by atoms with Gasteiger partial charge in [-0.05, 0) is 13.0 Å². The molecule has 8 nitrogen and oxygen atoms in total. The molecule has 2 aromatic rings. The van der Waals surface area contributed by atoms with Crippen LogP contribution >= 0.6 is 0 Å². The lowest BCUT2D eigenvalue weighted by atomic mass is 10.1. The van der Waals surface area contributed by atoms with E-state index in [1.54, 1.807) is 11.9 Å². The van der Waals surface area contributed by atoms with Gasteiger partial charge < -0.3 is 10.2 Å². The van der Waals surface area contributed by atoms with Crippen LogP contribution in [-0.4, -0.2) is 50.6 Å². The van der Waals surface area contributed by atoms with Gasteiger partial charge in [0.25, 0.3) is 11.5 Å². The number of carbonyl (C=O) groups is 1. The first kappa shape index (κ1) is 15.4. The monoisotopic (exact) mass is 317 g/mol. The molecule has 1 atom stereocenters. The molecule has 0 bridgehead atoms. The van der Waals surface area contributed by atoms with Gasteiger partial charge in [-0.15, -0.1) is 0 Å². The lowest BCUT2D eigenvalue weighted by Gasteiger charge is -2.34. The van der Waals surface area contributed by atoms with E-state index in [0.717, 1.165) is 17.7 Å². The van der Waals surface area contributed by atoms with E-state index in [9.17, 15) is 14.4 Å². The van der Waals surface area contributed by atoms with Crippen LogP contribution in [0.4, 0.5) is 0 Å². The van der Waals surface area contributed by atoms with E-state index < -0.39 is 11.2 Å². The fraction of sp³-hybridized carbons (Fsp3) is 0.467. The number of amides is 1. The summed E-state index contributed by atoms with van der Waals surface area (Å²) in [6, 6.07) is 1.61. The van der Waals surface area contributed by atoms with E-state index in [2.05, 4.69) is 10.3 Å². The van der Waals surface area contributed by atoms with Crippen LogP contribution < -0.4 is 16.6 Å². The van der Waals surface area contributed by atoms with Gasteiger partial charge in [-0.25, -0.2) is 9.78 Å². The van der Waals surface area contributed by atoms with Gasteiger partial charge in [0.2, 0.25) is 0 Å². The second-order valence-electron chi connectivity index (χ2n) is 5.85. The maximum Gasteiger partial charge on any atom is 0.332 e. The summed E-state index contributed by atoms with van der Waals surface area (Å²) in [5, 5.41) is 3.50. The number of pyridine rings is 1. The Morgan fingerprint density at radius 2 is 2.04 bits per heavy atom. The van der Waals surface area contributed by atoms with E-state index in [0.29, 0.717) is 12.1 Å². The smallest absolute Gasteiger partial charge is 0.332 e. The third kappa shape index (κ3) is 2.44. The normalized spacial score (nSPS) is 18.4. The Morgan fingerprint density at radius 1 is 1.30 bits per heavy atom. The van der Waals surface area contributed by atoms with Gasteiger partial charge in [-0.2, -0.15) is 0 Å². The minimum absolute atomic E-state index is 0.0786. The Balaban J connectivity index is 2.12. The zero-order valence-corrected chi connectivity index (χ0v) is 13.4. The zero-order chi connectivity index (χ0) is 16.7. The Hall–Kier alpha value is -2.48. The number of piperazine rings is 1. The molecule has 0 saturated carbocycles. The summed E-state index contributed by atoms with van der Waals surface area (Å²) in [5.74, 6) is -0.149. The van der Waals surface area contributed by atoms with Crippen molar-refractivity contribution in [1.29, 1.82) is 0 Å². The summed E-state index contributed by atoms with van der Waals surface area (Å²) < 4.78 is 2.32. The summed E-state index contributed by atoms with van der Waals surface area (Å²) in [6.07, 6.45) is 1.43. The lowest BCUT2D eigenvalue weighted by Crippen LogP contribution is -2.52. The van der Waals surface area contributed by atoms with Crippen molar-refractivity contribution in [2.24, 2.45) is 14.1 Å². The molecule has 1 amide bonds. The molecular weight excluding hydrogens is 298 g/mol. The highest BCUT2D eigenvalue weighted by Gasteiger charge is 2.25. The Labute approximate surface area is 132 Å². The summed E-state index contributed by atoms with van der Waals surface area (Å²) >= 11 is 0. The van der Waals surface area contributed by atoms with Crippen LogP contribution in [0.5, 0.6) is 0 Å². The molecule has 0 aliphatic carbocycles. The summed E-state index contributed by atoms with van der Waals surface area (Å²) in [6.45, 7) is 4.07. The summed E-state index contributed by atoms with van der Waals surface area (Å²) in [5.41, 5.74) is -0.242. The fourth-order valence-electron chi connectivity index (χ4n) is 2.89. The highest BCUT2D eigenvalue weighted by Crippen LogP contribution is 2.13. The molecule has 1 aliphatic heterocycles. The standard InChI is InChI=1S/C15H19N5O3/c1-9-7-16-4-5-20(9)13(21)10-6-11-12(17-8-10)18(2)15(23)19(3)14(11)22/h6,8-9,16H,4-5,7H2,1-3H3/t9-/m0/s1. The van der Waals surface area contributed by atoms with Crippen molar-refractivity contribution >= 4 is 16.9 Å². The number of carbonyl (C=O) groups excluding carboxylic acids is 1. The third-order valence-corrected chi connectivity index (χ3v) is 4.30. The van der Waals surface area contributed by atoms with Crippen molar-refractivity contribution in [3.63, 3.8) is 0 Å². The number of nitrogens with one attached hydrogen (secondary N) is 1. The minimum atomic E-state index is -0.446. The molecule has 8 heteroatoms. The number of fused-ring (bicyclic) bond motifs is 1. The molecule has 1 fully saturated rings. The molecule has 0 unspecified atom stereocenters. The van der Waals surface area contributed by atoms with Crippen molar-refractivity contribution in [3.8, 4) is 0 Å². The lowest BCUT2D eigenvalue weighted by molar-refractivity contribution is 0.0655. The molecule has 0 radical (unpaired) electrons. The predicted molar refractivity (Wildman–Crippen MR) is 85.6 cm³/mol. The van der Waals surface area contributed by atoms with Gasteiger partial charge in [-0.3, -0.25) is 18.7 Å². The van der Waals surface area contributed by atoms with E-state index in [1.807, 2.05) is 6.92 Å². The van der Waals surface area contributed by atoms with Crippen LogP contribution in [0.3, 0.4) is 0 Å². The molecule has 0 aromatic carbocycles. The first-order chi connectivity index (χ1) is 10.9.